The smallest absolute Gasteiger partial charge is 0.261 e. The number of nitrogens with two attached hydrogens (primary N) is 1. The zero-order valence-corrected chi connectivity index (χ0v) is 16.5. The summed E-state index contributed by atoms with van der Waals surface area (Å²) in [5.74, 6) is -0.384. The van der Waals surface area contributed by atoms with E-state index in [0.717, 1.165) is 16.6 Å². The van der Waals surface area contributed by atoms with Crippen molar-refractivity contribution < 1.29 is 13.2 Å². The number of aromatic nitrogens is 2. The summed E-state index contributed by atoms with van der Waals surface area (Å²) >= 11 is 7.56. The lowest BCUT2D eigenvalue weighted by Gasteiger charge is -2.29. The predicted octanol–water partition coefficient (Wildman–Crippen LogP) is 1.96. The highest BCUT2D eigenvalue weighted by Gasteiger charge is 2.32. The molecule has 0 aliphatic carbocycles. The summed E-state index contributed by atoms with van der Waals surface area (Å²) in [5.41, 5.74) is 8.40. The number of hydrogen-bond acceptors (Lipinski definition) is 6. The van der Waals surface area contributed by atoms with Crippen molar-refractivity contribution in [2.75, 3.05) is 11.5 Å². The van der Waals surface area contributed by atoms with Crippen molar-refractivity contribution in [1.29, 1.82) is 0 Å². The van der Waals surface area contributed by atoms with Gasteiger partial charge in [-0.05, 0) is 24.6 Å². The first kappa shape index (κ1) is 18.4. The maximum Gasteiger partial charge on any atom is 0.261 e. The van der Waals surface area contributed by atoms with Gasteiger partial charge in [0.2, 0.25) is 0 Å². The van der Waals surface area contributed by atoms with Crippen molar-refractivity contribution in [3.63, 3.8) is 0 Å². The first-order chi connectivity index (χ1) is 12.8. The normalized spacial score (nSPS) is 22.0. The molecule has 1 amide bonds. The molecule has 0 unspecified atom stereocenters. The van der Waals surface area contributed by atoms with Crippen LogP contribution in [0.15, 0.2) is 36.7 Å². The molecule has 142 valence electrons. The molecule has 2 atom stereocenters. The van der Waals surface area contributed by atoms with E-state index < -0.39 is 15.9 Å². The number of halogens is 1. The predicted molar refractivity (Wildman–Crippen MR) is 106 cm³/mol. The Morgan fingerprint density at radius 1 is 1.37 bits per heavy atom. The lowest BCUT2D eigenvalue weighted by Crippen LogP contribution is -2.54. The van der Waals surface area contributed by atoms with Gasteiger partial charge in [-0.3, -0.25) is 4.79 Å². The summed E-state index contributed by atoms with van der Waals surface area (Å²) < 4.78 is 25.5. The fourth-order valence-corrected chi connectivity index (χ4v) is 6.04. The second kappa shape index (κ2) is 6.90. The lowest BCUT2D eigenvalue weighted by molar-refractivity contribution is 0.0934. The average molecular weight is 425 g/mol. The third kappa shape index (κ3) is 3.60. The van der Waals surface area contributed by atoms with Crippen LogP contribution in [0.2, 0.25) is 4.34 Å². The van der Waals surface area contributed by atoms with E-state index in [9.17, 15) is 13.2 Å². The molecule has 27 heavy (non-hydrogen) atoms. The quantitative estimate of drug-likeness (QED) is 0.668. The number of carbonyl (C=O) groups is 1. The SMILES string of the molecule is N[C@H]1CS(=O)(=O)CC[C@H]1NC(=O)c1cc(-c2cnn3ccccc23)c(Cl)s1. The van der Waals surface area contributed by atoms with Gasteiger partial charge in [0.1, 0.15) is 4.34 Å². The van der Waals surface area contributed by atoms with Crippen molar-refractivity contribution >= 4 is 44.2 Å². The van der Waals surface area contributed by atoms with Crippen LogP contribution in [0.4, 0.5) is 0 Å². The average Bonchev–Trinajstić information content (AvgIpc) is 3.20. The van der Waals surface area contributed by atoms with Crippen molar-refractivity contribution in [3.8, 4) is 11.1 Å². The molecule has 0 saturated carbocycles. The number of pyridine rings is 1. The third-order valence-electron chi connectivity index (χ3n) is 4.65. The minimum Gasteiger partial charge on any atom is -0.347 e. The van der Waals surface area contributed by atoms with Crippen molar-refractivity contribution in [3.05, 3.63) is 45.9 Å². The number of thiophene rings is 1. The van der Waals surface area contributed by atoms with Crippen LogP contribution in [0.1, 0.15) is 16.1 Å². The number of fused-ring (bicyclic) bond motifs is 1. The van der Waals surface area contributed by atoms with Crippen molar-refractivity contribution in [2.45, 2.75) is 18.5 Å². The fourth-order valence-electron chi connectivity index (χ4n) is 3.24. The third-order valence-corrected chi connectivity index (χ3v) is 7.75. The maximum atomic E-state index is 12.6. The molecule has 3 N–H and O–H groups in total. The summed E-state index contributed by atoms with van der Waals surface area (Å²) in [6.07, 6.45) is 3.87. The molecule has 1 aliphatic heterocycles. The van der Waals surface area contributed by atoms with Gasteiger partial charge in [-0.1, -0.05) is 17.7 Å². The van der Waals surface area contributed by atoms with Crippen LogP contribution >= 0.6 is 22.9 Å². The van der Waals surface area contributed by atoms with Crippen LogP contribution in [0.5, 0.6) is 0 Å². The van der Waals surface area contributed by atoms with Crippen LogP contribution in [0.25, 0.3) is 16.6 Å². The molecule has 3 aromatic heterocycles. The summed E-state index contributed by atoms with van der Waals surface area (Å²) in [6.45, 7) is 0. The van der Waals surface area contributed by atoms with Crippen LogP contribution < -0.4 is 11.1 Å². The van der Waals surface area contributed by atoms with E-state index in [-0.39, 0.29) is 23.5 Å². The molecule has 7 nitrogen and oxygen atoms in total. The second-order valence-corrected chi connectivity index (χ2v) is 10.4. The number of nitrogens with zero attached hydrogens (tertiary/aromatic N) is 2. The lowest BCUT2D eigenvalue weighted by atomic mass is 10.1. The molecule has 1 aliphatic rings. The molecular formula is C17H17ClN4O3S2. The minimum absolute atomic E-state index is 0.0322. The number of rotatable bonds is 3. The Kier molecular flexibility index (Phi) is 4.71. The molecule has 0 spiro atoms. The van der Waals surface area contributed by atoms with E-state index in [2.05, 4.69) is 10.4 Å². The largest absolute Gasteiger partial charge is 0.347 e. The molecule has 4 rings (SSSR count). The highest BCUT2D eigenvalue weighted by Crippen LogP contribution is 2.37. The van der Waals surface area contributed by atoms with E-state index in [1.165, 1.54) is 11.3 Å². The van der Waals surface area contributed by atoms with Crippen LogP contribution in [-0.4, -0.2) is 47.5 Å². The number of amides is 1. The van der Waals surface area contributed by atoms with Gasteiger partial charge < -0.3 is 11.1 Å². The van der Waals surface area contributed by atoms with Gasteiger partial charge in [0.05, 0.1) is 28.1 Å². The van der Waals surface area contributed by atoms with Gasteiger partial charge in [-0.15, -0.1) is 11.3 Å². The fraction of sp³-hybridized carbons (Fsp3) is 0.294. The summed E-state index contributed by atoms with van der Waals surface area (Å²) in [7, 11) is -3.12. The van der Waals surface area contributed by atoms with Crippen LogP contribution in [-0.2, 0) is 9.84 Å². The van der Waals surface area contributed by atoms with Gasteiger partial charge in [0.15, 0.2) is 9.84 Å². The molecular weight excluding hydrogens is 408 g/mol. The monoisotopic (exact) mass is 424 g/mol. The second-order valence-electron chi connectivity index (χ2n) is 6.53. The van der Waals surface area contributed by atoms with E-state index in [1.807, 2.05) is 24.4 Å². The number of sulfone groups is 1. The number of nitrogens with one attached hydrogen (secondary N) is 1. The molecule has 0 aromatic carbocycles. The molecule has 3 aromatic rings. The highest BCUT2D eigenvalue weighted by molar-refractivity contribution is 7.91. The Bertz CT molecular complexity index is 1120. The Balaban J connectivity index is 1.57. The Morgan fingerprint density at radius 3 is 2.96 bits per heavy atom. The standard InChI is InChI=1S/C17H17ClN4O3S2/c18-16-10(11-8-20-22-5-2-1-3-14(11)22)7-15(26-16)17(23)21-13-4-6-27(24,25)9-12(13)19/h1-3,5,7-8,12-13H,4,6,9,19H2,(H,21,23)/t12-,13+/m0/s1. The maximum absolute atomic E-state index is 12.6. The minimum atomic E-state index is -3.12. The van der Waals surface area contributed by atoms with Crippen LogP contribution in [0.3, 0.4) is 0 Å². The Labute approximate surface area is 165 Å². The zero-order valence-electron chi connectivity index (χ0n) is 14.1. The molecule has 0 bridgehead atoms. The first-order valence-electron chi connectivity index (χ1n) is 8.33. The highest BCUT2D eigenvalue weighted by atomic mass is 35.5. The molecule has 1 fully saturated rings. The van der Waals surface area contributed by atoms with Gasteiger partial charge in [-0.2, -0.15) is 5.10 Å². The van der Waals surface area contributed by atoms with E-state index in [1.54, 1.807) is 16.8 Å². The molecule has 10 heteroatoms. The Morgan fingerprint density at radius 2 is 2.19 bits per heavy atom. The number of hydrogen-bond donors (Lipinski definition) is 2. The summed E-state index contributed by atoms with van der Waals surface area (Å²) in [5, 5.41) is 7.14. The molecule has 0 radical (unpaired) electrons. The van der Waals surface area contributed by atoms with Crippen molar-refractivity contribution in [1.82, 2.24) is 14.9 Å². The van der Waals surface area contributed by atoms with E-state index in [4.69, 9.17) is 17.3 Å². The first-order valence-corrected chi connectivity index (χ1v) is 11.3. The van der Waals surface area contributed by atoms with Gasteiger partial charge >= 0.3 is 0 Å². The van der Waals surface area contributed by atoms with Gasteiger partial charge in [0, 0.05) is 29.4 Å². The van der Waals surface area contributed by atoms with Crippen LogP contribution in [0, 0.1) is 0 Å². The topological polar surface area (TPSA) is 107 Å². The zero-order chi connectivity index (χ0) is 19.2. The number of carbonyl (C=O) groups excluding carboxylic acids is 1. The Hall–Kier alpha value is -1.94. The van der Waals surface area contributed by atoms with Crippen molar-refractivity contribution in [2.24, 2.45) is 5.73 Å². The van der Waals surface area contributed by atoms with E-state index >= 15 is 0 Å². The summed E-state index contributed by atoms with van der Waals surface area (Å²) in [4.78, 5) is 13.1. The molecule has 1 saturated heterocycles. The van der Waals surface area contributed by atoms with Gasteiger partial charge in [0.25, 0.3) is 5.91 Å². The summed E-state index contributed by atoms with van der Waals surface area (Å²) in [6, 6.07) is 6.47. The van der Waals surface area contributed by atoms with E-state index in [0.29, 0.717) is 15.6 Å². The van der Waals surface area contributed by atoms with Gasteiger partial charge in [-0.25, -0.2) is 12.9 Å². The molecule has 4 heterocycles.